The Bertz CT molecular complexity index is 745. The summed E-state index contributed by atoms with van der Waals surface area (Å²) < 4.78 is 38.5. The van der Waals surface area contributed by atoms with Crippen LogP contribution in [0.5, 0.6) is 0 Å². The number of carbonyl (C=O) groups excluding carboxylic acids is 1. The lowest BCUT2D eigenvalue weighted by atomic mass is 10.0. The number of hydrogen-bond donors (Lipinski definition) is 0. The van der Waals surface area contributed by atoms with Crippen molar-refractivity contribution in [2.75, 3.05) is 0 Å². The molecule has 0 fully saturated rings. The van der Waals surface area contributed by atoms with E-state index in [1.54, 1.807) is 18.2 Å². The molecule has 0 aromatic heterocycles. The number of halogens is 6. The van der Waals surface area contributed by atoms with Crippen molar-refractivity contribution in [3.8, 4) is 0 Å². The van der Waals surface area contributed by atoms with Crippen molar-refractivity contribution in [1.29, 1.82) is 0 Å². The van der Waals surface area contributed by atoms with Gasteiger partial charge in [-0.3, -0.25) is 4.79 Å². The number of alkyl halides is 3. The van der Waals surface area contributed by atoms with Crippen LogP contribution >= 0.6 is 39.1 Å². The average Bonchev–Trinajstić information content (AvgIpc) is 2.44. The minimum Gasteiger partial charge on any atom is -0.299 e. The van der Waals surface area contributed by atoms with E-state index < -0.39 is 11.7 Å². The molecular formula is C16H10BrCl2F3O. The summed E-state index contributed by atoms with van der Waals surface area (Å²) in [5.74, 6) is -0.209. The predicted molar refractivity (Wildman–Crippen MR) is 88.0 cm³/mol. The summed E-state index contributed by atoms with van der Waals surface area (Å²) in [5.41, 5.74) is 0.181. The van der Waals surface area contributed by atoms with Crippen LogP contribution in [0, 0.1) is 0 Å². The third kappa shape index (κ3) is 4.96. The van der Waals surface area contributed by atoms with Gasteiger partial charge in [0.25, 0.3) is 0 Å². The van der Waals surface area contributed by atoms with Crippen LogP contribution in [0.4, 0.5) is 13.2 Å². The molecule has 0 saturated heterocycles. The normalized spacial score (nSPS) is 11.6. The summed E-state index contributed by atoms with van der Waals surface area (Å²) in [6, 6.07) is 8.58. The first-order chi connectivity index (χ1) is 10.7. The Morgan fingerprint density at radius 2 is 1.52 bits per heavy atom. The standard InChI is InChI=1S/C16H10BrCl2F3O/c17-13-3-1-9(7-12(13)16(20,21)22)5-11(23)6-10-2-4-14(18)15(19)8-10/h1-4,7-8H,5-6H2. The van der Waals surface area contributed by atoms with Crippen LogP contribution in [-0.4, -0.2) is 5.78 Å². The molecular weight excluding hydrogens is 416 g/mol. The first-order valence-corrected chi connectivity index (χ1v) is 8.03. The molecule has 0 saturated carbocycles. The molecule has 1 nitrogen and oxygen atoms in total. The molecule has 2 aromatic rings. The van der Waals surface area contributed by atoms with Gasteiger partial charge in [0, 0.05) is 17.3 Å². The largest absolute Gasteiger partial charge is 0.417 e. The number of Topliss-reactive ketones (excluding diaryl/α,β-unsaturated/α-hetero) is 1. The molecule has 122 valence electrons. The van der Waals surface area contributed by atoms with E-state index in [9.17, 15) is 18.0 Å². The third-order valence-corrected chi connectivity index (χ3v) is 4.55. The van der Waals surface area contributed by atoms with Crippen LogP contribution < -0.4 is 0 Å². The minimum atomic E-state index is -4.47. The fourth-order valence-electron chi connectivity index (χ4n) is 2.07. The van der Waals surface area contributed by atoms with E-state index in [0.717, 1.165) is 6.07 Å². The maximum atomic E-state index is 12.9. The van der Waals surface area contributed by atoms with Gasteiger partial charge in [0.05, 0.1) is 15.6 Å². The maximum absolute atomic E-state index is 12.9. The molecule has 0 aliphatic rings. The van der Waals surface area contributed by atoms with Crippen molar-refractivity contribution in [3.05, 3.63) is 67.6 Å². The zero-order valence-electron chi connectivity index (χ0n) is 11.6. The van der Waals surface area contributed by atoms with Gasteiger partial charge in [-0.05, 0) is 35.4 Å². The van der Waals surface area contributed by atoms with E-state index in [1.807, 2.05) is 0 Å². The lowest BCUT2D eigenvalue weighted by molar-refractivity contribution is -0.138. The predicted octanol–water partition coefficient (Wildman–Crippen LogP) is 6.13. The Balaban J connectivity index is 2.12. The summed E-state index contributed by atoms with van der Waals surface area (Å²) in [5, 5.41) is 0.713. The van der Waals surface area contributed by atoms with Gasteiger partial charge in [0.2, 0.25) is 0 Å². The van der Waals surface area contributed by atoms with E-state index >= 15 is 0 Å². The van der Waals surface area contributed by atoms with Gasteiger partial charge in [-0.15, -0.1) is 0 Å². The number of carbonyl (C=O) groups is 1. The van der Waals surface area contributed by atoms with E-state index in [-0.39, 0.29) is 23.1 Å². The lowest BCUT2D eigenvalue weighted by Gasteiger charge is -2.11. The maximum Gasteiger partial charge on any atom is 0.417 e. The molecule has 2 rings (SSSR count). The molecule has 0 radical (unpaired) electrons. The van der Waals surface area contributed by atoms with Gasteiger partial charge in [-0.2, -0.15) is 13.2 Å². The highest BCUT2D eigenvalue weighted by Crippen LogP contribution is 2.35. The van der Waals surface area contributed by atoms with Crippen LogP contribution in [0.25, 0.3) is 0 Å². The molecule has 0 spiro atoms. The lowest BCUT2D eigenvalue weighted by Crippen LogP contribution is -2.10. The molecule has 0 atom stereocenters. The Morgan fingerprint density at radius 1 is 0.957 bits per heavy atom. The fraction of sp³-hybridized carbons (Fsp3) is 0.188. The first-order valence-electron chi connectivity index (χ1n) is 6.48. The topological polar surface area (TPSA) is 17.1 Å². The SMILES string of the molecule is O=C(Cc1ccc(Cl)c(Cl)c1)Cc1ccc(Br)c(C(F)(F)F)c1. The van der Waals surface area contributed by atoms with E-state index in [2.05, 4.69) is 15.9 Å². The van der Waals surface area contributed by atoms with Gasteiger partial charge in [0.1, 0.15) is 5.78 Å². The Hall–Kier alpha value is -1.04. The van der Waals surface area contributed by atoms with Gasteiger partial charge in [0.15, 0.2) is 0 Å². The second kappa shape index (κ2) is 7.24. The number of benzene rings is 2. The highest BCUT2D eigenvalue weighted by Gasteiger charge is 2.33. The van der Waals surface area contributed by atoms with Crippen LogP contribution in [0.15, 0.2) is 40.9 Å². The second-order valence-corrected chi connectivity index (χ2v) is 6.62. The smallest absolute Gasteiger partial charge is 0.299 e. The summed E-state index contributed by atoms with van der Waals surface area (Å²) in [4.78, 5) is 12.1. The van der Waals surface area contributed by atoms with Crippen molar-refractivity contribution in [2.45, 2.75) is 19.0 Å². The molecule has 2 aromatic carbocycles. The monoisotopic (exact) mass is 424 g/mol. The fourth-order valence-corrected chi connectivity index (χ4v) is 2.86. The minimum absolute atomic E-state index is 0.0503. The highest BCUT2D eigenvalue weighted by atomic mass is 79.9. The van der Waals surface area contributed by atoms with E-state index in [1.165, 1.54) is 12.1 Å². The van der Waals surface area contributed by atoms with E-state index in [0.29, 0.717) is 21.2 Å². The Kier molecular flexibility index (Phi) is 5.76. The van der Waals surface area contributed by atoms with Crippen molar-refractivity contribution in [3.63, 3.8) is 0 Å². The van der Waals surface area contributed by atoms with Gasteiger partial charge < -0.3 is 0 Å². The van der Waals surface area contributed by atoms with Gasteiger partial charge >= 0.3 is 6.18 Å². The highest BCUT2D eigenvalue weighted by molar-refractivity contribution is 9.10. The number of rotatable bonds is 4. The van der Waals surface area contributed by atoms with Crippen molar-refractivity contribution >= 4 is 44.9 Å². The summed E-state index contributed by atoms with van der Waals surface area (Å²) in [6.07, 6.45) is -4.48. The average molecular weight is 426 g/mol. The van der Waals surface area contributed by atoms with Crippen molar-refractivity contribution < 1.29 is 18.0 Å². The molecule has 0 amide bonds. The number of ketones is 1. The summed E-state index contributed by atoms with van der Waals surface area (Å²) in [6.45, 7) is 0. The molecule has 0 bridgehead atoms. The Labute approximate surface area is 149 Å². The quantitative estimate of drug-likeness (QED) is 0.575. The van der Waals surface area contributed by atoms with Crippen LogP contribution in [0.1, 0.15) is 16.7 Å². The van der Waals surface area contributed by atoms with Crippen molar-refractivity contribution in [1.82, 2.24) is 0 Å². The molecule has 0 N–H and O–H groups in total. The molecule has 7 heteroatoms. The summed E-state index contributed by atoms with van der Waals surface area (Å²) in [7, 11) is 0. The Morgan fingerprint density at radius 3 is 2.09 bits per heavy atom. The third-order valence-electron chi connectivity index (χ3n) is 3.12. The van der Waals surface area contributed by atoms with Crippen LogP contribution in [0.3, 0.4) is 0 Å². The molecule has 0 heterocycles. The molecule has 23 heavy (non-hydrogen) atoms. The second-order valence-electron chi connectivity index (χ2n) is 4.95. The summed E-state index contributed by atoms with van der Waals surface area (Å²) >= 11 is 14.5. The zero-order chi connectivity index (χ0) is 17.2. The first kappa shape index (κ1) is 18.3. The van der Waals surface area contributed by atoms with Crippen LogP contribution in [-0.2, 0) is 23.8 Å². The van der Waals surface area contributed by atoms with Crippen molar-refractivity contribution in [2.24, 2.45) is 0 Å². The van der Waals surface area contributed by atoms with Gasteiger partial charge in [-0.25, -0.2) is 0 Å². The number of hydrogen-bond acceptors (Lipinski definition) is 1. The molecule has 0 aliphatic carbocycles. The van der Waals surface area contributed by atoms with Crippen LogP contribution in [0.2, 0.25) is 10.0 Å². The van der Waals surface area contributed by atoms with Gasteiger partial charge in [-0.1, -0.05) is 51.3 Å². The molecule has 0 unspecified atom stereocenters. The van der Waals surface area contributed by atoms with E-state index in [4.69, 9.17) is 23.2 Å². The molecule has 0 aliphatic heterocycles. The zero-order valence-corrected chi connectivity index (χ0v) is 14.7.